The van der Waals surface area contributed by atoms with Gasteiger partial charge in [-0.3, -0.25) is 9.59 Å². The molecule has 0 N–H and O–H groups in total. The van der Waals surface area contributed by atoms with Gasteiger partial charge in [-0.2, -0.15) is 13.2 Å². The molecule has 2 aliphatic rings. The van der Waals surface area contributed by atoms with Crippen LogP contribution in [0.5, 0.6) is 0 Å². The van der Waals surface area contributed by atoms with E-state index in [0.29, 0.717) is 50.0 Å². The monoisotopic (exact) mass is 388 g/mol. The molecule has 3 heterocycles. The van der Waals surface area contributed by atoms with E-state index in [-0.39, 0.29) is 18.4 Å². The summed E-state index contributed by atoms with van der Waals surface area (Å²) in [6.45, 7) is 2.21. The highest BCUT2D eigenvalue weighted by Gasteiger charge is 2.31. The first-order valence-corrected chi connectivity index (χ1v) is 9.41. The van der Waals surface area contributed by atoms with Crippen LogP contribution in [0, 0.1) is 0 Å². The van der Waals surface area contributed by atoms with Crippen molar-refractivity contribution in [3.8, 4) is 0 Å². The van der Waals surface area contributed by atoms with Gasteiger partial charge in [0.2, 0.25) is 11.8 Å². The number of anilines is 1. The standard InChI is InChI=1S/C16H19F3N4O2S/c17-16(18,19)12-2-3-13(20-8-12)21-4-1-5-22(7-6-21)14(24)9-23-11-26-10-15(23)25/h2-3,8H,1,4-7,9-11H2. The highest BCUT2D eigenvalue weighted by atomic mass is 32.2. The summed E-state index contributed by atoms with van der Waals surface area (Å²) in [7, 11) is 0. The molecule has 1 aromatic heterocycles. The van der Waals surface area contributed by atoms with Crippen LogP contribution in [0.2, 0.25) is 0 Å². The molecule has 0 aliphatic carbocycles. The SMILES string of the molecule is O=C(CN1CSCC1=O)N1CCCN(c2ccc(C(F)(F)F)cn2)CC1. The molecule has 1 aromatic rings. The Morgan fingerprint density at radius 3 is 2.62 bits per heavy atom. The van der Waals surface area contributed by atoms with Crippen LogP contribution in [0.3, 0.4) is 0 Å². The Balaban J connectivity index is 1.57. The number of carbonyl (C=O) groups is 2. The quantitative estimate of drug-likeness (QED) is 0.789. The Hall–Kier alpha value is -1.97. The third-order valence-electron chi connectivity index (χ3n) is 4.40. The number of aromatic nitrogens is 1. The summed E-state index contributed by atoms with van der Waals surface area (Å²) in [5.74, 6) is 1.32. The number of hydrogen-bond donors (Lipinski definition) is 0. The number of halogens is 3. The molecule has 0 aromatic carbocycles. The van der Waals surface area contributed by atoms with E-state index in [1.807, 2.05) is 4.90 Å². The van der Waals surface area contributed by atoms with Crippen LogP contribution < -0.4 is 4.90 Å². The van der Waals surface area contributed by atoms with Crippen LogP contribution in [0.25, 0.3) is 0 Å². The van der Waals surface area contributed by atoms with E-state index >= 15 is 0 Å². The second-order valence-electron chi connectivity index (χ2n) is 6.19. The van der Waals surface area contributed by atoms with Gasteiger partial charge in [-0.1, -0.05) is 0 Å². The van der Waals surface area contributed by atoms with Crippen molar-refractivity contribution >= 4 is 29.4 Å². The molecule has 6 nitrogen and oxygen atoms in total. The molecule has 0 atom stereocenters. The Bertz CT molecular complexity index is 668. The van der Waals surface area contributed by atoms with Gasteiger partial charge in [0.05, 0.1) is 17.2 Å². The van der Waals surface area contributed by atoms with Crippen molar-refractivity contribution in [3.63, 3.8) is 0 Å². The average molecular weight is 388 g/mol. The second-order valence-corrected chi connectivity index (χ2v) is 7.15. The maximum absolute atomic E-state index is 12.6. The van der Waals surface area contributed by atoms with Gasteiger partial charge in [0, 0.05) is 32.4 Å². The second kappa shape index (κ2) is 7.73. The zero-order valence-corrected chi connectivity index (χ0v) is 14.9. The van der Waals surface area contributed by atoms with Gasteiger partial charge in [-0.05, 0) is 18.6 Å². The highest BCUT2D eigenvalue weighted by Crippen LogP contribution is 2.29. The van der Waals surface area contributed by atoms with Crippen molar-refractivity contribution < 1.29 is 22.8 Å². The molecule has 0 spiro atoms. The van der Waals surface area contributed by atoms with Gasteiger partial charge in [0.15, 0.2) is 0 Å². The normalized spacial score (nSPS) is 19.0. The number of alkyl halides is 3. The number of carbonyl (C=O) groups excluding carboxylic acids is 2. The zero-order valence-electron chi connectivity index (χ0n) is 14.0. The molecule has 0 radical (unpaired) electrons. The average Bonchev–Trinajstić information content (AvgIpc) is 2.86. The predicted octanol–water partition coefficient (Wildman–Crippen LogP) is 1.67. The van der Waals surface area contributed by atoms with Crippen LogP contribution >= 0.6 is 11.8 Å². The molecule has 2 saturated heterocycles. The topological polar surface area (TPSA) is 56.8 Å². The maximum atomic E-state index is 12.6. The van der Waals surface area contributed by atoms with Crippen molar-refractivity contribution in [2.75, 3.05) is 49.3 Å². The summed E-state index contributed by atoms with van der Waals surface area (Å²) < 4.78 is 37.9. The van der Waals surface area contributed by atoms with E-state index in [9.17, 15) is 22.8 Å². The number of thioether (sulfide) groups is 1. The van der Waals surface area contributed by atoms with Gasteiger partial charge < -0.3 is 14.7 Å². The van der Waals surface area contributed by atoms with Gasteiger partial charge in [0.1, 0.15) is 12.4 Å². The lowest BCUT2D eigenvalue weighted by Gasteiger charge is -2.24. The smallest absolute Gasteiger partial charge is 0.355 e. The summed E-state index contributed by atoms with van der Waals surface area (Å²) in [6, 6.07) is 2.38. The molecule has 26 heavy (non-hydrogen) atoms. The summed E-state index contributed by atoms with van der Waals surface area (Å²) in [5, 5.41) is 0. The lowest BCUT2D eigenvalue weighted by Crippen LogP contribution is -2.42. The fourth-order valence-electron chi connectivity index (χ4n) is 2.94. The van der Waals surface area contributed by atoms with Gasteiger partial charge in [0.25, 0.3) is 0 Å². The molecule has 10 heteroatoms. The van der Waals surface area contributed by atoms with Crippen LogP contribution in [0.4, 0.5) is 19.0 Å². The minimum absolute atomic E-state index is 0.0197. The molecule has 0 saturated carbocycles. The molecule has 142 valence electrons. The summed E-state index contributed by atoms with van der Waals surface area (Å²) in [4.78, 5) is 33.1. The van der Waals surface area contributed by atoms with Crippen LogP contribution in [-0.2, 0) is 15.8 Å². The number of pyridine rings is 1. The fourth-order valence-corrected chi connectivity index (χ4v) is 3.84. The fraction of sp³-hybridized carbons (Fsp3) is 0.562. The van der Waals surface area contributed by atoms with Crippen LogP contribution in [0.15, 0.2) is 18.3 Å². The predicted molar refractivity (Wildman–Crippen MR) is 91.7 cm³/mol. The Kier molecular flexibility index (Phi) is 5.59. The minimum atomic E-state index is -4.40. The Labute approximate surface area is 153 Å². The number of rotatable bonds is 3. The first kappa shape index (κ1) is 18.8. The highest BCUT2D eigenvalue weighted by molar-refractivity contribution is 8.00. The van der Waals surface area contributed by atoms with Gasteiger partial charge in [-0.25, -0.2) is 4.98 Å². The Morgan fingerprint density at radius 2 is 2.00 bits per heavy atom. The van der Waals surface area contributed by atoms with Gasteiger partial charge >= 0.3 is 6.18 Å². The van der Waals surface area contributed by atoms with Crippen molar-refractivity contribution in [1.82, 2.24) is 14.8 Å². The maximum Gasteiger partial charge on any atom is 0.417 e. The van der Waals surface area contributed by atoms with Crippen molar-refractivity contribution in [2.24, 2.45) is 0 Å². The molecular weight excluding hydrogens is 369 g/mol. The van der Waals surface area contributed by atoms with E-state index in [0.717, 1.165) is 12.3 Å². The first-order chi connectivity index (χ1) is 12.3. The lowest BCUT2D eigenvalue weighted by molar-refractivity contribution is -0.138. The Morgan fingerprint density at radius 1 is 1.19 bits per heavy atom. The van der Waals surface area contributed by atoms with E-state index in [1.165, 1.54) is 17.8 Å². The molecule has 0 unspecified atom stereocenters. The third-order valence-corrected chi connectivity index (χ3v) is 5.34. The minimum Gasteiger partial charge on any atom is -0.355 e. The molecule has 2 aliphatic heterocycles. The number of hydrogen-bond acceptors (Lipinski definition) is 5. The van der Waals surface area contributed by atoms with Crippen molar-refractivity contribution in [1.29, 1.82) is 0 Å². The summed E-state index contributed by atoms with van der Waals surface area (Å²) in [5.41, 5.74) is -0.777. The lowest BCUT2D eigenvalue weighted by atomic mass is 10.2. The molecule has 3 rings (SSSR count). The molecule has 0 bridgehead atoms. The third kappa shape index (κ3) is 4.40. The first-order valence-electron chi connectivity index (χ1n) is 8.26. The largest absolute Gasteiger partial charge is 0.417 e. The molecular formula is C16H19F3N4O2S. The van der Waals surface area contributed by atoms with Crippen LogP contribution in [0.1, 0.15) is 12.0 Å². The number of nitrogens with zero attached hydrogens (tertiary/aromatic N) is 4. The van der Waals surface area contributed by atoms with E-state index < -0.39 is 11.7 Å². The number of amides is 2. The van der Waals surface area contributed by atoms with Crippen molar-refractivity contribution in [3.05, 3.63) is 23.9 Å². The van der Waals surface area contributed by atoms with E-state index in [4.69, 9.17) is 0 Å². The van der Waals surface area contributed by atoms with Gasteiger partial charge in [-0.15, -0.1) is 11.8 Å². The van der Waals surface area contributed by atoms with E-state index in [1.54, 1.807) is 9.80 Å². The zero-order chi connectivity index (χ0) is 18.7. The van der Waals surface area contributed by atoms with Crippen LogP contribution in [-0.4, -0.2) is 71.0 Å². The molecule has 2 fully saturated rings. The summed E-state index contributed by atoms with van der Waals surface area (Å²) >= 11 is 1.49. The molecule has 2 amide bonds. The summed E-state index contributed by atoms with van der Waals surface area (Å²) in [6.07, 6.45) is -2.88. The van der Waals surface area contributed by atoms with E-state index in [2.05, 4.69) is 4.98 Å². The van der Waals surface area contributed by atoms with Crippen molar-refractivity contribution in [2.45, 2.75) is 12.6 Å².